The minimum Gasteiger partial charge on any atom is -0.493 e. The number of halogens is 1. The number of carbonyl (C=O) groups excluding carboxylic acids is 1. The zero-order valence-corrected chi connectivity index (χ0v) is 18.0. The molecule has 1 amide bonds. The molecule has 0 saturated carbocycles. The van der Waals surface area contributed by atoms with E-state index in [1.807, 2.05) is 41.3 Å². The maximum absolute atomic E-state index is 13.1. The molecule has 1 aromatic heterocycles. The van der Waals surface area contributed by atoms with Crippen molar-refractivity contribution in [2.75, 3.05) is 52.4 Å². The van der Waals surface area contributed by atoms with Gasteiger partial charge in [-0.15, -0.1) is 0 Å². The number of H-pyrrole nitrogens is 1. The molecule has 3 aromatic rings. The van der Waals surface area contributed by atoms with Crippen LogP contribution < -0.4 is 19.1 Å². The summed E-state index contributed by atoms with van der Waals surface area (Å²) >= 11 is 6.11. The van der Waals surface area contributed by atoms with Crippen molar-refractivity contribution in [1.29, 1.82) is 0 Å². The Hall–Kier alpha value is -3.06. The lowest BCUT2D eigenvalue weighted by molar-refractivity contribution is 0.0742. The molecule has 0 spiro atoms. The number of anilines is 1. The summed E-state index contributed by atoms with van der Waals surface area (Å²) in [6.07, 6.45) is 0. The Bertz CT molecular complexity index is 1070. The smallest absolute Gasteiger partial charge is 0.270 e. The predicted molar refractivity (Wildman–Crippen MR) is 118 cm³/mol. The van der Waals surface area contributed by atoms with Crippen molar-refractivity contribution in [3.63, 3.8) is 0 Å². The van der Waals surface area contributed by atoms with Crippen LogP contribution in [0, 0.1) is 0 Å². The molecule has 1 aliphatic heterocycles. The Morgan fingerprint density at radius 2 is 1.70 bits per heavy atom. The first kappa shape index (κ1) is 20.2. The van der Waals surface area contributed by atoms with Crippen molar-refractivity contribution in [3.8, 4) is 17.2 Å². The molecule has 0 radical (unpaired) electrons. The van der Waals surface area contributed by atoms with E-state index in [-0.39, 0.29) is 5.91 Å². The Balaban J connectivity index is 1.55. The molecule has 30 heavy (non-hydrogen) atoms. The maximum atomic E-state index is 13.1. The molecule has 1 aliphatic rings. The molecule has 0 bridgehead atoms. The average molecular weight is 430 g/mol. The SMILES string of the molecule is COc1cc2[nH]c(C(=O)N3CCN(c4cccc(Cl)c4)CC3)cc2c(OC)c1OC. The molecule has 0 atom stereocenters. The van der Waals surface area contributed by atoms with Crippen molar-refractivity contribution >= 4 is 34.1 Å². The topological polar surface area (TPSA) is 67.0 Å². The van der Waals surface area contributed by atoms with E-state index < -0.39 is 0 Å². The number of nitrogens with one attached hydrogen (secondary N) is 1. The molecule has 0 unspecified atom stereocenters. The summed E-state index contributed by atoms with van der Waals surface area (Å²) in [5, 5.41) is 1.49. The number of aromatic amines is 1. The first-order chi connectivity index (χ1) is 14.5. The summed E-state index contributed by atoms with van der Waals surface area (Å²) in [5.41, 5.74) is 2.34. The molecule has 0 aliphatic carbocycles. The van der Waals surface area contributed by atoms with E-state index in [0.717, 1.165) is 29.7 Å². The second kappa shape index (κ2) is 8.36. The zero-order valence-electron chi connectivity index (χ0n) is 17.2. The second-order valence-corrected chi connectivity index (χ2v) is 7.49. The number of aromatic nitrogens is 1. The van der Waals surface area contributed by atoms with E-state index in [1.54, 1.807) is 21.3 Å². The Morgan fingerprint density at radius 3 is 2.33 bits per heavy atom. The molecule has 158 valence electrons. The second-order valence-electron chi connectivity index (χ2n) is 7.05. The van der Waals surface area contributed by atoms with Gasteiger partial charge in [0.05, 0.1) is 26.8 Å². The van der Waals surface area contributed by atoms with Crippen LogP contribution in [0.4, 0.5) is 5.69 Å². The molecule has 4 rings (SSSR count). The third-order valence-electron chi connectivity index (χ3n) is 5.40. The predicted octanol–water partition coefficient (Wildman–Crippen LogP) is 3.81. The molecule has 1 saturated heterocycles. The monoisotopic (exact) mass is 429 g/mol. The number of ether oxygens (including phenoxy) is 3. The number of methoxy groups -OCH3 is 3. The summed E-state index contributed by atoms with van der Waals surface area (Å²) in [6.45, 7) is 2.75. The minimum absolute atomic E-state index is 0.0445. The number of fused-ring (bicyclic) bond motifs is 1. The number of amides is 1. The van der Waals surface area contributed by atoms with Gasteiger partial charge in [-0.3, -0.25) is 4.79 Å². The lowest BCUT2D eigenvalue weighted by atomic mass is 10.2. The molecule has 2 heterocycles. The van der Waals surface area contributed by atoms with Gasteiger partial charge in [0.25, 0.3) is 5.91 Å². The quantitative estimate of drug-likeness (QED) is 0.668. The lowest BCUT2D eigenvalue weighted by Gasteiger charge is -2.36. The highest BCUT2D eigenvalue weighted by molar-refractivity contribution is 6.30. The van der Waals surface area contributed by atoms with Crippen LogP contribution in [0.5, 0.6) is 17.2 Å². The van der Waals surface area contributed by atoms with Crippen LogP contribution in [-0.2, 0) is 0 Å². The number of carbonyl (C=O) groups is 1. The first-order valence-electron chi connectivity index (χ1n) is 9.67. The summed E-state index contributed by atoms with van der Waals surface area (Å²) in [7, 11) is 4.70. The zero-order chi connectivity index (χ0) is 21.3. The van der Waals surface area contributed by atoms with Gasteiger partial charge in [0, 0.05) is 48.3 Å². The minimum atomic E-state index is -0.0445. The summed E-state index contributed by atoms with van der Waals surface area (Å²) in [4.78, 5) is 20.4. The molecule has 8 heteroatoms. The molecular formula is C22H24ClN3O4. The van der Waals surface area contributed by atoms with Crippen LogP contribution in [-0.4, -0.2) is 63.3 Å². The van der Waals surface area contributed by atoms with E-state index >= 15 is 0 Å². The van der Waals surface area contributed by atoms with Crippen molar-refractivity contribution < 1.29 is 19.0 Å². The molecule has 1 fully saturated rings. The number of hydrogen-bond donors (Lipinski definition) is 1. The fourth-order valence-electron chi connectivity index (χ4n) is 3.88. The Kier molecular flexibility index (Phi) is 5.63. The van der Waals surface area contributed by atoms with E-state index in [4.69, 9.17) is 25.8 Å². The van der Waals surface area contributed by atoms with Gasteiger partial charge in [0.2, 0.25) is 5.75 Å². The third-order valence-corrected chi connectivity index (χ3v) is 5.63. The highest BCUT2D eigenvalue weighted by Crippen LogP contribution is 2.43. The van der Waals surface area contributed by atoms with E-state index in [2.05, 4.69) is 9.88 Å². The van der Waals surface area contributed by atoms with E-state index in [0.29, 0.717) is 41.1 Å². The van der Waals surface area contributed by atoms with Crippen molar-refractivity contribution in [2.24, 2.45) is 0 Å². The van der Waals surface area contributed by atoms with Crippen molar-refractivity contribution in [3.05, 3.63) is 47.1 Å². The lowest BCUT2D eigenvalue weighted by Crippen LogP contribution is -2.48. The number of hydrogen-bond acceptors (Lipinski definition) is 5. The molecular weight excluding hydrogens is 406 g/mol. The Labute approximate surface area is 180 Å². The Morgan fingerprint density at radius 1 is 0.967 bits per heavy atom. The van der Waals surface area contributed by atoms with Gasteiger partial charge < -0.3 is 29.0 Å². The van der Waals surface area contributed by atoms with Gasteiger partial charge in [-0.2, -0.15) is 0 Å². The summed E-state index contributed by atoms with van der Waals surface area (Å²) < 4.78 is 16.4. The molecule has 2 aromatic carbocycles. The van der Waals surface area contributed by atoms with E-state index in [1.165, 1.54) is 0 Å². The number of nitrogens with zero attached hydrogens (tertiary/aromatic N) is 2. The molecule has 1 N–H and O–H groups in total. The van der Waals surface area contributed by atoms with Crippen molar-refractivity contribution in [2.45, 2.75) is 0 Å². The highest BCUT2D eigenvalue weighted by atomic mass is 35.5. The first-order valence-corrected chi connectivity index (χ1v) is 10.0. The van der Waals surface area contributed by atoms with Gasteiger partial charge in [-0.25, -0.2) is 0 Å². The van der Waals surface area contributed by atoms with Gasteiger partial charge in [0.15, 0.2) is 11.5 Å². The average Bonchev–Trinajstić information content (AvgIpc) is 3.21. The summed E-state index contributed by atoms with van der Waals surface area (Å²) in [6, 6.07) is 11.4. The number of rotatable bonds is 5. The van der Waals surface area contributed by atoms with Crippen LogP contribution in [0.2, 0.25) is 5.02 Å². The van der Waals surface area contributed by atoms with Gasteiger partial charge in [-0.05, 0) is 24.3 Å². The largest absolute Gasteiger partial charge is 0.493 e. The van der Waals surface area contributed by atoms with Gasteiger partial charge >= 0.3 is 0 Å². The number of benzene rings is 2. The summed E-state index contributed by atoms with van der Waals surface area (Å²) in [5.74, 6) is 1.53. The normalized spacial score (nSPS) is 14.1. The standard InChI is InChI=1S/C22H24ClN3O4/c1-28-19-13-17-16(20(29-2)21(19)30-3)12-18(24-17)22(27)26-9-7-25(8-10-26)15-6-4-5-14(23)11-15/h4-6,11-13,24H,7-10H2,1-3H3. The van der Waals surface area contributed by atoms with Crippen molar-refractivity contribution in [1.82, 2.24) is 9.88 Å². The highest BCUT2D eigenvalue weighted by Gasteiger charge is 2.25. The third kappa shape index (κ3) is 3.61. The van der Waals surface area contributed by atoms with Crippen LogP contribution in [0.25, 0.3) is 10.9 Å². The van der Waals surface area contributed by atoms with Crippen LogP contribution in [0.15, 0.2) is 36.4 Å². The van der Waals surface area contributed by atoms with Crippen LogP contribution in [0.1, 0.15) is 10.5 Å². The van der Waals surface area contributed by atoms with E-state index in [9.17, 15) is 4.79 Å². The van der Waals surface area contributed by atoms with Crippen LogP contribution in [0.3, 0.4) is 0 Å². The number of piperazine rings is 1. The fourth-order valence-corrected chi connectivity index (χ4v) is 4.06. The van der Waals surface area contributed by atoms with Gasteiger partial charge in [0.1, 0.15) is 5.69 Å². The molecule has 7 nitrogen and oxygen atoms in total. The maximum Gasteiger partial charge on any atom is 0.270 e. The van der Waals surface area contributed by atoms with Crippen LogP contribution >= 0.6 is 11.6 Å². The van der Waals surface area contributed by atoms with Gasteiger partial charge in [-0.1, -0.05) is 17.7 Å². The fraction of sp³-hybridized carbons (Fsp3) is 0.318.